The Hall–Kier alpha value is -0.650. The van der Waals surface area contributed by atoms with Gasteiger partial charge in [-0.3, -0.25) is 4.79 Å². The largest absolute Gasteiger partial charge is 0.480 e. The second-order valence-electron chi connectivity index (χ2n) is 6.08. The fraction of sp³-hybridized carbons (Fsp3) is 0.938. The number of aliphatic carboxylic acids is 1. The Kier molecular flexibility index (Phi) is 8.22. The average Bonchev–Trinajstić information content (AvgIpc) is 2.87. The van der Waals surface area contributed by atoms with E-state index in [2.05, 4.69) is 24.2 Å². The Morgan fingerprint density at radius 1 is 1.43 bits per heavy atom. The van der Waals surface area contributed by atoms with Gasteiger partial charge < -0.3 is 20.1 Å². The van der Waals surface area contributed by atoms with E-state index in [1.165, 1.54) is 0 Å². The van der Waals surface area contributed by atoms with Crippen LogP contribution in [0.15, 0.2) is 0 Å². The van der Waals surface area contributed by atoms with Gasteiger partial charge >= 0.3 is 5.97 Å². The molecule has 1 saturated carbocycles. The molecule has 0 aromatic rings. The van der Waals surface area contributed by atoms with Gasteiger partial charge in [0, 0.05) is 13.2 Å². The van der Waals surface area contributed by atoms with Crippen LogP contribution in [0.3, 0.4) is 0 Å². The minimum atomic E-state index is -0.698. The molecule has 0 bridgehead atoms. The quantitative estimate of drug-likeness (QED) is 0.571. The van der Waals surface area contributed by atoms with Crippen molar-refractivity contribution >= 4 is 5.97 Å². The summed E-state index contributed by atoms with van der Waals surface area (Å²) >= 11 is 0. The minimum Gasteiger partial charge on any atom is -0.480 e. The van der Waals surface area contributed by atoms with Gasteiger partial charge in [0.25, 0.3) is 0 Å². The molecule has 0 aromatic heterocycles. The monoisotopic (exact) mass is 300 g/mol. The van der Waals surface area contributed by atoms with Gasteiger partial charge in [0.15, 0.2) is 0 Å². The predicted octanol–water partition coefficient (Wildman–Crippen LogP) is 1.97. The van der Waals surface area contributed by atoms with Crippen LogP contribution < -0.4 is 5.32 Å². The highest BCUT2D eigenvalue weighted by atomic mass is 16.5. The lowest BCUT2D eigenvalue weighted by Gasteiger charge is -2.33. The van der Waals surface area contributed by atoms with Crippen molar-refractivity contribution in [3.05, 3.63) is 0 Å². The zero-order chi connectivity index (χ0) is 15.7. The van der Waals surface area contributed by atoms with Crippen molar-refractivity contribution in [3.63, 3.8) is 0 Å². The number of hydrogen-bond acceptors (Lipinski definition) is 4. The van der Waals surface area contributed by atoms with Crippen molar-refractivity contribution in [1.29, 1.82) is 0 Å². The zero-order valence-electron chi connectivity index (χ0n) is 13.9. The van der Waals surface area contributed by atoms with Crippen molar-refractivity contribution in [3.8, 4) is 0 Å². The summed E-state index contributed by atoms with van der Waals surface area (Å²) in [5, 5.41) is 13.0. The number of carboxylic acid groups (broad SMARTS) is 1. The molecule has 0 spiro atoms. The fourth-order valence-electron chi connectivity index (χ4n) is 3.26. The van der Waals surface area contributed by atoms with E-state index in [1.807, 2.05) is 6.92 Å². The number of ether oxygens (including phenoxy) is 1. The Labute approximate surface area is 129 Å². The maximum absolute atomic E-state index is 11.8. The Bertz CT molecular complexity index is 312. The average molecular weight is 300 g/mol. The van der Waals surface area contributed by atoms with E-state index in [1.54, 1.807) is 0 Å². The van der Waals surface area contributed by atoms with Crippen molar-refractivity contribution in [2.24, 2.45) is 5.92 Å². The van der Waals surface area contributed by atoms with Crippen molar-refractivity contribution < 1.29 is 14.6 Å². The number of rotatable bonds is 11. The molecule has 0 aromatic carbocycles. The van der Waals surface area contributed by atoms with Crippen LogP contribution in [0.25, 0.3) is 0 Å². The number of likely N-dealkylation sites (N-methyl/N-ethyl adjacent to an activating group) is 1. The molecule has 5 nitrogen and oxygen atoms in total. The van der Waals surface area contributed by atoms with Gasteiger partial charge in [-0.05, 0) is 58.7 Å². The molecule has 0 radical (unpaired) electrons. The predicted molar refractivity (Wildman–Crippen MR) is 84.6 cm³/mol. The first-order valence-corrected chi connectivity index (χ1v) is 8.31. The van der Waals surface area contributed by atoms with Crippen LogP contribution in [-0.2, 0) is 9.53 Å². The van der Waals surface area contributed by atoms with Crippen molar-refractivity contribution in [2.45, 2.75) is 51.5 Å². The van der Waals surface area contributed by atoms with Crippen LogP contribution in [-0.4, -0.2) is 61.4 Å². The van der Waals surface area contributed by atoms with E-state index in [9.17, 15) is 9.90 Å². The number of nitrogens with zero attached hydrogens (tertiary/aromatic N) is 1. The first-order valence-electron chi connectivity index (χ1n) is 8.31. The third-order valence-electron chi connectivity index (χ3n) is 4.57. The number of carbonyl (C=O) groups is 1. The van der Waals surface area contributed by atoms with Crippen LogP contribution in [0.4, 0.5) is 0 Å². The molecule has 2 N–H and O–H groups in total. The summed E-state index contributed by atoms with van der Waals surface area (Å²) in [5.74, 6) is -0.438. The molecule has 1 aliphatic carbocycles. The SMILES string of the molecule is CCCNC1(C(=O)O)CCCC1CCN(C)CCOCC. The zero-order valence-corrected chi connectivity index (χ0v) is 13.9. The molecule has 1 fully saturated rings. The second kappa shape index (κ2) is 9.38. The van der Waals surface area contributed by atoms with Crippen LogP contribution in [0.5, 0.6) is 0 Å². The normalized spacial score (nSPS) is 25.6. The first-order chi connectivity index (χ1) is 10.1. The van der Waals surface area contributed by atoms with E-state index in [0.29, 0.717) is 0 Å². The third-order valence-corrected chi connectivity index (χ3v) is 4.57. The minimum absolute atomic E-state index is 0.232. The molecule has 21 heavy (non-hydrogen) atoms. The molecule has 2 unspecified atom stereocenters. The van der Waals surface area contributed by atoms with Crippen LogP contribution in [0.1, 0.15) is 46.0 Å². The van der Waals surface area contributed by atoms with Gasteiger partial charge in [-0.15, -0.1) is 0 Å². The molecule has 1 aliphatic rings. The van der Waals surface area contributed by atoms with Crippen molar-refractivity contribution in [1.82, 2.24) is 10.2 Å². The molecule has 5 heteroatoms. The van der Waals surface area contributed by atoms with E-state index in [-0.39, 0.29) is 5.92 Å². The van der Waals surface area contributed by atoms with Gasteiger partial charge in [0.05, 0.1) is 6.61 Å². The summed E-state index contributed by atoms with van der Waals surface area (Å²) in [6.07, 6.45) is 4.69. The fourth-order valence-corrected chi connectivity index (χ4v) is 3.26. The summed E-state index contributed by atoms with van der Waals surface area (Å²) < 4.78 is 5.36. The standard InChI is InChI=1S/C16H32N2O3/c1-4-10-17-16(15(19)20)9-6-7-14(16)8-11-18(3)12-13-21-5-2/h14,17H,4-13H2,1-3H3,(H,19,20). The molecule has 124 valence electrons. The topological polar surface area (TPSA) is 61.8 Å². The second-order valence-corrected chi connectivity index (χ2v) is 6.08. The number of nitrogens with one attached hydrogen (secondary N) is 1. The van der Waals surface area contributed by atoms with Gasteiger partial charge in [-0.2, -0.15) is 0 Å². The molecule has 1 rings (SSSR count). The maximum atomic E-state index is 11.8. The van der Waals surface area contributed by atoms with Crippen LogP contribution >= 0.6 is 0 Å². The summed E-state index contributed by atoms with van der Waals surface area (Å²) in [4.78, 5) is 14.0. The van der Waals surface area contributed by atoms with Crippen LogP contribution in [0, 0.1) is 5.92 Å². The lowest BCUT2D eigenvalue weighted by molar-refractivity contribution is -0.146. The third kappa shape index (κ3) is 5.24. The number of carboxylic acids is 1. The highest BCUT2D eigenvalue weighted by Gasteiger charge is 2.48. The summed E-state index contributed by atoms with van der Waals surface area (Å²) in [6, 6.07) is 0. The smallest absolute Gasteiger partial charge is 0.324 e. The van der Waals surface area contributed by atoms with E-state index in [4.69, 9.17) is 4.74 Å². The molecular formula is C16H32N2O3. The van der Waals surface area contributed by atoms with E-state index < -0.39 is 11.5 Å². The summed E-state index contributed by atoms with van der Waals surface area (Å²) in [7, 11) is 2.08. The summed E-state index contributed by atoms with van der Waals surface area (Å²) in [5.41, 5.74) is -0.698. The van der Waals surface area contributed by atoms with E-state index >= 15 is 0 Å². The van der Waals surface area contributed by atoms with E-state index in [0.717, 1.165) is 65.0 Å². The molecule has 0 amide bonds. The van der Waals surface area contributed by atoms with Gasteiger partial charge in [-0.1, -0.05) is 13.3 Å². The lowest BCUT2D eigenvalue weighted by atomic mass is 9.84. The molecular weight excluding hydrogens is 268 g/mol. The van der Waals surface area contributed by atoms with Gasteiger partial charge in [0.1, 0.15) is 5.54 Å². The molecule has 0 heterocycles. The molecule has 0 saturated heterocycles. The Morgan fingerprint density at radius 3 is 2.81 bits per heavy atom. The number of hydrogen-bond donors (Lipinski definition) is 2. The van der Waals surface area contributed by atoms with Crippen LogP contribution in [0.2, 0.25) is 0 Å². The Balaban J connectivity index is 2.49. The highest BCUT2D eigenvalue weighted by molar-refractivity contribution is 5.79. The Morgan fingerprint density at radius 2 is 2.19 bits per heavy atom. The maximum Gasteiger partial charge on any atom is 0.324 e. The van der Waals surface area contributed by atoms with Crippen molar-refractivity contribution in [2.75, 3.05) is 39.9 Å². The molecule has 2 atom stereocenters. The summed E-state index contributed by atoms with van der Waals surface area (Å²) in [6.45, 7) is 8.19. The van der Waals surface area contributed by atoms with Gasteiger partial charge in [0.2, 0.25) is 0 Å². The highest BCUT2D eigenvalue weighted by Crippen LogP contribution is 2.38. The van der Waals surface area contributed by atoms with Gasteiger partial charge in [-0.25, -0.2) is 0 Å². The molecule has 0 aliphatic heterocycles. The first kappa shape index (κ1) is 18.4. The lowest BCUT2D eigenvalue weighted by Crippen LogP contribution is -2.55.